The molecule has 2 aliphatic rings. The molecule has 0 saturated heterocycles. The van der Waals surface area contributed by atoms with E-state index in [0.29, 0.717) is 10.6 Å². The van der Waals surface area contributed by atoms with Gasteiger partial charge >= 0.3 is 5.79 Å². The van der Waals surface area contributed by atoms with Crippen molar-refractivity contribution >= 4 is 23.3 Å². The van der Waals surface area contributed by atoms with Gasteiger partial charge in [-0.25, -0.2) is 0 Å². The zero-order valence-corrected chi connectivity index (χ0v) is 16.8. The van der Waals surface area contributed by atoms with Crippen LogP contribution >= 0.6 is 11.6 Å². The van der Waals surface area contributed by atoms with Crippen molar-refractivity contribution < 1.29 is 14.4 Å². The van der Waals surface area contributed by atoms with Gasteiger partial charge in [-0.2, -0.15) is 0 Å². The highest BCUT2D eigenvalue weighted by atomic mass is 35.5. The van der Waals surface area contributed by atoms with Gasteiger partial charge in [-0.15, -0.1) is 0 Å². The molecule has 4 nitrogen and oxygen atoms in total. The molecule has 0 saturated carbocycles. The second-order valence-corrected chi connectivity index (χ2v) is 9.18. The van der Waals surface area contributed by atoms with Gasteiger partial charge in [-0.1, -0.05) is 65.3 Å². The highest BCUT2D eigenvalue weighted by molar-refractivity contribution is 6.31. The van der Waals surface area contributed by atoms with Gasteiger partial charge in [0, 0.05) is 16.2 Å². The van der Waals surface area contributed by atoms with Crippen LogP contribution < -0.4 is 0 Å². The van der Waals surface area contributed by atoms with Crippen LogP contribution in [-0.4, -0.2) is 17.5 Å². The van der Waals surface area contributed by atoms with E-state index in [4.69, 9.17) is 21.2 Å². The molecule has 0 N–H and O–H groups in total. The molecule has 1 aliphatic carbocycles. The van der Waals surface area contributed by atoms with Crippen LogP contribution in [0.25, 0.3) is 0 Å². The summed E-state index contributed by atoms with van der Waals surface area (Å²) in [7, 11) is 0. The Kier molecular flexibility index (Phi) is 4.31. The lowest BCUT2D eigenvalue weighted by molar-refractivity contribution is -0.167. The van der Waals surface area contributed by atoms with E-state index >= 15 is 0 Å². The molecule has 0 amide bonds. The lowest BCUT2D eigenvalue weighted by Crippen LogP contribution is -2.48. The number of hydrogen-bond acceptors (Lipinski definition) is 4. The van der Waals surface area contributed by atoms with Gasteiger partial charge in [0.15, 0.2) is 0 Å². The van der Waals surface area contributed by atoms with Crippen molar-refractivity contribution in [2.45, 2.75) is 47.3 Å². The highest BCUT2D eigenvalue weighted by Crippen LogP contribution is 2.46. The van der Waals surface area contributed by atoms with Crippen molar-refractivity contribution in [1.29, 1.82) is 0 Å². The van der Waals surface area contributed by atoms with Gasteiger partial charge in [-0.05, 0) is 45.8 Å². The Bertz CT molecular complexity index is 853. The molecule has 1 spiro atoms. The molecule has 1 heterocycles. The SMILES string of the molecule is CC(C)(C)C1=CC(=O)C2(ON=C(c3cccc(Cl)c3)O2)C(C(C)(C)C)=C1. The molecule has 3 rings (SSSR count). The molecule has 1 unspecified atom stereocenters. The first-order chi connectivity index (χ1) is 11.9. The fourth-order valence-corrected chi connectivity index (χ4v) is 3.21. The van der Waals surface area contributed by atoms with E-state index in [1.807, 2.05) is 32.9 Å². The van der Waals surface area contributed by atoms with Crippen LogP contribution in [-0.2, 0) is 14.4 Å². The number of halogens is 1. The topological polar surface area (TPSA) is 47.9 Å². The molecule has 26 heavy (non-hydrogen) atoms. The average molecular weight is 374 g/mol. The summed E-state index contributed by atoms with van der Waals surface area (Å²) in [5.41, 5.74) is 1.86. The van der Waals surface area contributed by atoms with Gasteiger partial charge in [-0.3, -0.25) is 4.79 Å². The normalized spacial score (nSPS) is 23.2. The summed E-state index contributed by atoms with van der Waals surface area (Å²) < 4.78 is 6.05. The second kappa shape index (κ2) is 5.98. The number of ether oxygens (including phenoxy) is 1. The standard InChI is InChI=1S/C21H24ClNO3/c1-19(2,3)14-11-16(20(4,5)6)21(17(24)12-14)25-18(23-26-21)13-8-7-9-15(22)10-13/h7-12H,1-6H3. The summed E-state index contributed by atoms with van der Waals surface area (Å²) in [5, 5.41) is 4.63. The highest BCUT2D eigenvalue weighted by Gasteiger charge is 2.56. The predicted octanol–water partition coefficient (Wildman–Crippen LogP) is 5.27. The number of hydrogen-bond donors (Lipinski definition) is 0. The van der Waals surface area contributed by atoms with Crippen LogP contribution in [0, 0.1) is 10.8 Å². The van der Waals surface area contributed by atoms with Crippen LogP contribution in [0.5, 0.6) is 0 Å². The minimum Gasteiger partial charge on any atom is -0.419 e. The van der Waals surface area contributed by atoms with Crippen molar-refractivity contribution in [2.75, 3.05) is 0 Å². The zero-order chi connectivity index (χ0) is 19.3. The van der Waals surface area contributed by atoms with Crippen molar-refractivity contribution in [3.05, 3.63) is 58.1 Å². The summed E-state index contributed by atoms with van der Waals surface area (Å²) in [6.45, 7) is 12.3. The fourth-order valence-electron chi connectivity index (χ4n) is 3.02. The number of carbonyl (C=O) groups is 1. The first-order valence-corrected chi connectivity index (χ1v) is 9.02. The quantitative estimate of drug-likeness (QED) is 0.673. The predicted molar refractivity (Wildman–Crippen MR) is 103 cm³/mol. The third-order valence-corrected chi connectivity index (χ3v) is 4.74. The minimum atomic E-state index is -1.55. The lowest BCUT2D eigenvalue weighted by Gasteiger charge is -2.38. The maximum atomic E-state index is 13.1. The first-order valence-electron chi connectivity index (χ1n) is 8.64. The molecule has 0 bridgehead atoms. The number of oxime groups is 1. The molecule has 1 atom stereocenters. The molecule has 1 aromatic rings. The summed E-state index contributed by atoms with van der Waals surface area (Å²) >= 11 is 6.06. The van der Waals surface area contributed by atoms with Gasteiger partial charge < -0.3 is 9.57 Å². The van der Waals surface area contributed by atoms with Gasteiger partial charge in [0.1, 0.15) is 0 Å². The third kappa shape index (κ3) is 3.18. The number of carbonyl (C=O) groups excluding carboxylic acids is 1. The van der Waals surface area contributed by atoms with Crippen LogP contribution in [0.2, 0.25) is 5.02 Å². The summed E-state index contributed by atoms with van der Waals surface area (Å²) in [4.78, 5) is 18.8. The Hall–Kier alpha value is -2.07. The Labute approximate surface area is 159 Å². The fraction of sp³-hybridized carbons (Fsp3) is 0.429. The molecule has 0 aromatic heterocycles. The molecular weight excluding hydrogens is 350 g/mol. The Morgan fingerprint density at radius 1 is 1.04 bits per heavy atom. The van der Waals surface area contributed by atoms with Crippen LogP contribution in [0.15, 0.2) is 52.7 Å². The smallest absolute Gasteiger partial charge is 0.364 e. The molecule has 0 radical (unpaired) electrons. The maximum absolute atomic E-state index is 13.1. The van der Waals surface area contributed by atoms with Crippen molar-refractivity contribution in [3.63, 3.8) is 0 Å². The van der Waals surface area contributed by atoms with E-state index < -0.39 is 5.79 Å². The Morgan fingerprint density at radius 2 is 1.73 bits per heavy atom. The van der Waals surface area contributed by atoms with Crippen molar-refractivity contribution in [2.24, 2.45) is 16.0 Å². The summed E-state index contributed by atoms with van der Waals surface area (Å²) in [6.07, 6.45) is 3.61. The van der Waals surface area contributed by atoms with E-state index in [0.717, 1.165) is 11.1 Å². The van der Waals surface area contributed by atoms with Crippen LogP contribution in [0.3, 0.4) is 0 Å². The number of benzene rings is 1. The van der Waals surface area contributed by atoms with E-state index in [1.165, 1.54) is 0 Å². The van der Waals surface area contributed by atoms with E-state index in [1.54, 1.807) is 24.3 Å². The van der Waals surface area contributed by atoms with Gasteiger partial charge in [0.2, 0.25) is 5.78 Å². The molecule has 0 fully saturated rings. The van der Waals surface area contributed by atoms with Crippen LogP contribution in [0.4, 0.5) is 0 Å². The molecule has 138 valence electrons. The number of allylic oxidation sites excluding steroid dienone is 2. The Morgan fingerprint density at radius 3 is 2.31 bits per heavy atom. The Balaban J connectivity index is 2.04. The molecule has 1 aliphatic heterocycles. The van der Waals surface area contributed by atoms with Crippen LogP contribution in [0.1, 0.15) is 47.1 Å². The molecular formula is C21H24ClNO3. The second-order valence-electron chi connectivity index (χ2n) is 8.74. The van der Waals surface area contributed by atoms with Gasteiger partial charge in [0.05, 0.1) is 0 Å². The number of nitrogens with zero attached hydrogens (tertiary/aromatic N) is 1. The minimum absolute atomic E-state index is 0.164. The summed E-state index contributed by atoms with van der Waals surface area (Å²) in [6, 6.07) is 7.11. The monoisotopic (exact) mass is 373 g/mol. The average Bonchev–Trinajstić information content (AvgIpc) is 2.93. The third-order valence-electron chi connectivity index (χ3n) is 4.51. The van der Waals surface area contributed by atoms with E-state index in [9.17, 15) is 4.79 Å². The molecule has 5 heteroatoms. The lowest BCUT2D eigenvalue weighted by atomic mass is 9.72. The largest absolute Gasteiger partial charge is 0.419 e. The van der Waals surface area contributed by atoms with Crippen molar-refractivity contribution in [3.8, 4) is 0 Å². The zero-order valence-electron chi connectivity index (χ0n) is 16.0. The maximum Gasteiger partial charge on any atom is 0.364 e. The first kappa shape index (κ1) is 18.7. The van der Waals surface area contributed by atoms with E-state index in [2.05, 4.69) is 25.9 Å². The van der Waals surface area contributed by atoms with Gasteiger partial charge in [0.25, 0.3) is 5.90 Å². The summed E-state index contributed by atoms with van der Waals surface area (Å²) in [5.74, 6) is -1.55. The number of rotatable bonds is 1. The van der Waals surface area contributed by atoms with E-state index in [-0.39, 0.29) is 22.5 Å². The van der Waals surface area contributed by atoms with Crippen molar-refractivity contribution in [1.82, 2.24) is 0 Å². The number of ketones is 1. The molecule has 1 aromatic carbocycles.